The fourth-order valence-electron chi connectivity index (χ4n) is 2.43. The number of hydrogen-bond acceptors (Lipinski definition) is 4. The zero-order valence-corrected chi connectivity index (χ0v) is 12.0. The Hall–Kier alpha value is -2.37. The number of carbonyl (C=O) groups excluding carboxylic acids is 1. The molecule has 0 unspecified atom stereocenters. The van der Waals surface area contributed by atoms with Crippen molar-refractivity contribution in [1.82, 2.24) is 19.9 Å². The van der Waals surface area contributed by atoms with Gasteiger partial charge in [-0.25, -0.2) is 0 Å². The number of amides is 1. The molecule has 1 aliphatic rings. The Morgan fingerprint density at radius 1 is 1.43 bits per heavy atom. The highest BCUT2D eigenvalue weighted by molar-refractivity contribution is 5.78. The van der Waals surface area contributed by atoms with Crippen molar-refractivity contribution in [2.45, 2.75) is 13.5 Å². The Morgan fingerprint density at radius 3 is 3.00 bits per heavy atom. The van der Waals surface area contributed by atoms with Crippen LogP contribution in [0.1, 0.15) is 5.56 Å². The highest BCUT2D eigenvalue weighted by atomic mass is 16.5. The highest BCUT2D eigenvalue weighted by Crippen LogP contribution is 2.18. The number of carbonyl (C=O) groups is 1. The maximum absolute atomic E-state index is 12.0. The Morgan fingerprint density at radius 2 is 2.29 bits per heavy atom. The average Bonchev–Trinajstić information content (AvgIpc) is 2.93. The monoisotopic (exact) mass is 286 g/mol. The topological polar surface area (TPSA) is 60.2 Å². The van der Waals surface area contributed by atoms with Crippen molar-refractivity contribution in [3.8, 4) is 5.75 Å². The summed E-state index contributed by atoms with van der Waals surface area (Å²) in [4.78, 5) is 13.8. The summed E-state index contributed by atoms with van der Waals surface area (Å²) in [5, 5.41) is 7.70. The minimum Gasteiger partial charge on any atom is -0.484 e. The minimum atomic E-state index is 0.0337. The second kappa shape index (κ2) is 5.95. The van der Waals surface area contributed by atoms with Crippen LogP contribution in [0.2, 0.25) is 0 Å². The number of rotatable bonds is 5. The van der Waals surface area contributed by atoms with Gasteiger partial charge in [0.2, 0.25) is 0 Å². The van der Waals surface area contributed by atoms with Gasteiger partial charge in [0.15, 0.2) is 6.61 Å². The largest absolute Gasteiger partial charge is 0.484 e. The van der Waals surface area contributed by atoms with Gasteiger partial charge < -0.3 is 9.64 Å². The van der Waals surface area contributed by atoms with Crippen LogP contribution in [0.25, 0.3) is 0 Å². The van der Waals surface area contributed by atoms with Gasteiger partial charge in [-0.1, -0.05) is 17.3 Å². The lowest BCUT2D eigenvalue weighted by molar-refractivity contribution is -0.140. The molecule has 0 bridgehead atoms. The second-order valence-electron chi connectivity index (χ2n) is 5.40. The zero-order chi connectivity index (χ0) is 14.7. The van der Waals surface area contributed by atoms with Gasteiger partial charge in [-0.15, -0.1) is 5.10 Å². The molecule has 6 heteroatoms. The van der Waals surface area contributed by atoms with Crippen molar-refractivity contribution >= 4 is 5.91 Å². The van der Waals surface area contributed by atoms with Crippen LogP contribution in [0.3, 0.4) is 0 Å². The van der Waals surface area contributed by atoms with E-state index in [-0.39, 0.29) is 12.5 Å². The van der Waals surface area contributed by atoms with Crippen molar-refractivity contribution in [1.29, 1.82) is 0 Å². The molecule has 1 fully saturated rings. The molecule has 1 aliphatic heterocycles. The van der Waals surface area contributed by atoms with E-state index in [1.807, 2.05) is 42.3 Å². The molecule has 1 aromatic heterocycles. The summed E-state index contributed by atoms with van der Waals surface area (Å²) in [5.74, 6) is 1.23. The Kier molecular flexibility index (Phi) is 3.85. The van der Waals surface area contributed by atoms with Gasteiger partial charge >= 0.3 is 0 Å². The summed E-state index contributed by atoms with van der Waals surface area (Å²) < 4.78 is 7.33. The fourth-order valence-corrected chi connectivity index (χ4v) is 2.43. The third-order valence-corrected chi connectivity index (χ3v) is 3.58. The van der Waals surface area contributed by atoms with Crippen LogP contribution in [0.4, 0.5) is 0 Å². The highest BCUT2D eigenvalue weighted by Gasteiger charge is 2.31. The molecule has 0 radical (unpaired) electrons. The zero-order valence-electron chi connectivity index (χ0n) is 12.0. The van der Waals surface area contributed by atoms with Crippen molar-refractivity contribution in [2.75, 3.05) is 19.7 Å². The van der Waals surface area contributed by atoms with Gasteiger partial charge in [0.1, 0.15) is 5.75 Å². The SMILES string of the molecule is Cc1cccc(OCC(=O)N2CC(Cn3ccnn3)C2)c1. The first-order chi connectivity index (χ1) is 10.2. The summed E-state index contributed by atoms with van der Waals surface area (Å²) in [6.07, 6.45) is 3.50. The lowest BCUT2D eigenvalue weighted by atomic mass is 10.0. The van der Waals surface area contributed by atoms with Crippen LogP contribution in [0.5, 0.6) is 5.75 Å². The van der Waals surface area contributed by atoms with Crippen molar-refractivity contribution in [2.24, 2.45) is 5.92 Å². The van der Waals surface area contributed by atoms with E-state index in [9.17, 15) is 4.79 Å². The Labute approximate surface area is 123 Å². The van der Waals surface area contributed by atoms with Crippen molar-refractivity contribution < 1.29 is 9.53 Å². The third kappa shape index (κ3) is 3.39. The molecule has 0 atom stereocenters. The Bertz CT molecular complexity index is 606. The molecular formula is C15H18N4O2. The number of aromatic nitrogens is 3. The number of nitrogens with zero attached hydrogens (tertiary/aromatic N) is 4. The van der Waals surface area contributed by atoms with Crippen LogP contribution in [0, 0.1) is 12.8 Å². The van der Waals surface area contributed by atoms with Gasteiger partial charge in [-0.3, -0.25) is 9.48 Å². The van der Waals surface area contributed by atoms with E-state index in [1.54, 1.807) is 10.9 Å². The van der Waals surface area contributed by atoms with Crippen LogP contribution in [-0.4, -0.2) is 45.5 Å². The first kappa shape index (κ1) is 13.6. The van der Waals surface area contributed by atoms with E-state index in [4.69, 9.17) is 4.74 Å². The summed E-state index contributed by atoms with van der Waals surface area (Å²) in [6, 6.07) is 7.71. The number of hydrogen-bond donors (Lipinski definition) is 0. The molecule has 3 rings (SSSR count). The molecule has 6 nitrogen and oxygen atoms in total. The van der Waals surface area contributed by atoms with Crippen LogP contribution in [0.15, 0.2) is 36.7 Å². The molecule has 0 N–H and O–H groups in total. The molecule has 2 aromatic rings. The lowest BCUT2D eigenvalue weighted by Gasteiger charge is -2.39. The predicted octanol–water partition coefficient (Wildman–Crippen LogP) is 1.12. The van der Waals surface area contributed by atoms with Gasteiger partial charge in [-0.05, 0) is 24.6 Å². The summed E-state index contributed by atoms with van der Waals surface area (Å²) >= 11 is 0. The molecule has 1 saturated heterocycles. The molecule has 2 heterocycles. The van der Waals surface area contributed by atoms with E-state index < -0.39 is 0 Å². The molecular weight excluding hydrogens is 268 g/mol. The second-order valence-corrected chi connectivity index (χ2v) is 5.40. The number of aryl methyl sites for hydroxylation is 1. The molecule has 0 spiro atoms. The van der Waals surface area contributed by atoms with Gasteiger partial charge in [0.25, 0.3) is 5.91 Å². The van der Waals surface area contributed by atoms with Gasteiger partial charge in [-0.2, -0.15) is 0 Å². The predicted molar refractivity (Wildman–Crippen MR) is 76.8 cm³/mol. The average molecular weight is 286 g/mol. The smallest absolute Gasteiger partial charge is 0.260 e. The maximum Gasteiger partial charge on any atom is 0.260 e. The van der Waals surface area contributed by atoms with Gasteiger partial charge in [0.05, 0.1) is 6.20 Å². The molecule has 1 amide bonds. The van der Waals surface area contributed by atoms with E-state index in [0.29, 0.717) is 5.92 Å². The van der Waals surface area contributed by atoms with Crippen LogP contribution < -0.4 is 4.74 Å². The van der Waals surface area contributed by atoms with E-state index >= 15 is 0 Å². The number of likely N-dealkylation sites (tertiary alicyclic amines) is 1. The first-order valence-corrected chi connectivity index (χ1v) is 7.02. The quantitative estimate of drug-likeness (QED) is 0.826. The molecule has 110 valence electrons. The normalized spacial score (nSPS) is 14.8. The molecule has 21 heavy (non-hydrogen) atoms. The maximum atomic E-state index is 12.0. The molecule has 1 aromatic carbocycles. The summed E-state index contributed by atoms with van der Waals surface area (Å²) in [6.45, 7) is 4.42. The van der Waals surface area contributed by atoms with Gasteiger partial charge in [0, 0.05) is 31.7 Å². The van der Waals surface area contributed by atoms with E-state index in [0.717, 1.165) is 30.9 Å². The third-order valence-electron chi connectivity index (χ3n) is 3.58. The van der Waals surface area contributed by atoms with Crippen molar-refractivity contribution in [3.05, 3.63) is 42.2 Å². The van der Waals surface area contributed by atoms with Crippen LogP contribution in [-0.2, 0) is 11.3 Å². The number of ether oxygens (including phenoxy) is 1. The van der Waals surface area contributed by atoms with E-state index in [1.165, 1.54) is 0 Å². The molecule has 0 saturated carbocycles. The van der Waals surface area contributed by atoms with Crippen molar-refractivity contribution in [3.63, 3.8) is 0 Å². The van der Waals surface area contributed by atoms with E-state index in [2.05, 4.69) is 10.3 Å². The first-order valence-electron chi connectivity index (χ1n) is 7.02. The Balaban J connectivity index is 1.41. The fraction of sp³-hybridized carbons (Fsp3) is 0.400. The molecule has 0 aliphatic carbocycles. The van der Waals surface area contributed by atoms with Crippen LogP contribution >= 0.6 is 0 Å². The minimum absolute atomic E-state index is 0.0337. The summed E-state index contributed by atoms with van der Waals surface area (Å²) in [7, 11) is 0. The summed E-state index contributed by atoms with van der Waals surface area (Å²) in [5.41, 5.74) is 1.12. The lowest BCUT2D eigenvalue weighted by Crippen LogP contribution is -2.52. The standard InChI is InChI=1S/C15H18N4O2/c1-12-3-2-4-14(7-12)21-11-15(20)18-8-13(9-18)10-19-6-5-16-17-19/h2-7,13H,8-11H2,1H3. The number of benzene rings is 1.